The monoisotopic (exact) mass is 337 g/mol. The van der Waals surface area contributed by atoms with E-state index in [1.807, 2.05) is 0 Å². The van der Waals surface area contributed by atoms with E-state index >= 15 is 0 Å². The van der Waals surface area contributed by atoms with Crippen molar-refractivity contribution in [2.45, 2.75) is 27.2 Å². The number of fused-ring (bicyclic) bond motifs is 1. The fourth-order valence-corrected chi connectivity index (χ4v) is 3.73. The van der Waals surface area contributed by atoms with Crippen LogP contribution in [0, 0.1) is 26.2 Å². The van der Waals surface area contributed by atoms with Gasteiger partial charge in [-0.25, -0.2) is 0 Å². The lowest BCUT2D eigenvalue weighted by Crippen LogP contribution is -2.09. The summed E-state index contributed by atoms with van der Waals surface area (Å²) in [7, 11) is 0. The van der Waals surface area contributed by atoms with Crippen LogP contribution in [-0.4, -0.2) is 5.71 Å². The molecule has 26 heavy (non-hydrogen) atoms. The molecule has 4 rings (SSSR count). The molecule has 0 bridgehead atoms. The fourth-order valence-electron chi connectivity index (χ4n) is 3.73. The molecule has 0 unspecified atom stereocenters. The Morgan fingerprint density at radius 3 is 2.27 bits per heavy atom. The first-order chi connectivity index (χ1) is 12.6. The fraction of sp³-hybridized carbons (Fsp3) is 0.160. The van der Waals surface area contributed by atoms with Crippen molar-refractivity contribution in [1.29, 1.82) is 5.41 Å². The summed E-state index contributed by atoms with van der Waals surface area (Å²) in [5.41, 5.74) is 8.87. The van der Waals surface area contributed by atoms with Gasteiger partial charge in [0.05, 0.1) is 5.71 Å². The maximum absolute atomic E-state index is 9.01. The van der Waals surface area contributed by atoms with E-state index in [1.54, 1.807) is 0 Å². The number of benzene rings is 3. The van der Waals surface area contributed by atoms with Gasteiger partial charge < -0.3 is 0 Å². The Balaban J connectivity index is 1.93. The molecule has 0 aromatic heterocycles. The van der Waals surface area contributed by atoms with Gasteiger partial charge in [-0.1, -0.05) is 54.6 Å². The predicted molar refractivity (Wildman–Crippen MR) is 112 cm³/mol. The smallest absolute Gasteiger partial charge is 0.0693 e. The Morgan fingerprint density at radius 2 is 1.58 bits per heavy atom. The third-order valence-electron chi connectivity index (χ3n) is 5.60. The molecule has 1 nitrogen and oxygen atoms in total. The van der Waals surface area contributed by atoms with Crippen LogP contribution >= 0.6 is 0 Å². The highest BCUT2D eigenvalue weighted by Crippen LogP contribution is 2.32. The quantitative estimate of drug-likeness (QED) is 0.526. The standard InChI is InChI=1S/C25H23N/c1-16-12-13-22(18(3)17(16)2)25(26)24-15-21-11-7-6-10-20(21)14-23(24)19-8-4-5-9-19/h4-8,10-15,26H,9H2,1-3H3. The van der Waals surface area contributed by atoms with Gasteiger partial charge in [0.2, 0.25) is 0 Å². The second kappa shape index (κ2) is 6.42. The molecule has 0 saturated heterocycles. The number of aryl methyl sites for hydroxylation is 1. The Labute approximate surface area is 155 Å². The third-order valence-corrected chi connectivity index (χ3v) is 5.60. The molecule has 0 heterocycles. The Hall–Kier alpha value is -2.93. The van der Waals surface area contributed by atoms with Gasteiger partial charge in [0.15, 0.2) is 0 Å². The van der Waals surface area contributed by atoms with Gasteiger partial charge in [0.25, 0.3) is 0 Å². The van der Waals surface area contributed by atoms with Gasteiger partial charge in [0.1, 0.15) is 0 Å². The molecular formula is C25H23N. The second-order valence-electron chi connectivity index (χ2n) is 7.12. The summed E-state index contributed by atoms with van der Waals surface area (Å²) in [6.07, 6.45) is 7.40. The van der Waals surface area contributed by atoms with Crippen LogP contribution in [0.25, 0.3) is 16.3 Å². The highest BCUT2D eigenvalue weighted by atomic mass is 14.4. The number of hydrogen-bond acceptors (Lipinski definition) is 1. The molecule has 1 N–H and O–H groups in total. The van der Waals surface area contributed by atoms with Crippen LogP contribution in [0.5, 0.6) is 0 Å². The predicted octanol–water partition coefficient (Wildman–Crippen LogP) is 6.52. The molecule has 0 spiro atoms. The van der Waals surface area contributed by atoms with Crippen LogP contribution < -0.4 is 0 Å². The summed E-state index contributed by atoms with van der Waals surface area (Å²) in [5, 5.41) is 11.4. The average Bonchev–Trinajstić information content (AvgIpc) is 3.19. The van der Waals surface area contributed by atoms with E-state index in [0.29, 0.717) is 5.71 Å². The van der Waals surface area contributed by atoms with E-state index in [0.717, 1.165) is 17.5 Å². The zero-order valence-electron chi connectivity index (χ0n) is 15.6. The highest BCUT2D eigenvalue weighted by molar-refractivity contribution is 6.16. The zero-order valence-corrected chi connectivity index (χ0v) is 15.6. The lowest BCUT2D eigenvalue weighted by molar-refractivity contribution is 1.25. The largest absolute Gasteiger partial charge is 0.300 e. The molecule has 0 radical (unpaired) electrons. The van der Waals surface area contributed by atoms with Crippen molar-refractivity contribution >= 4 is 22.1 Å². The molecule has 0 amide bonds. The van der Waals surface area contributed by atoms with E-state index in [1.165, 1.54) is 38.6 Å². The SMILES string of the molecule is Cc1ccc(C(=N)c2cc3ccccc3cc2C2=CC=CC2)c(C)c1C. The summed E-state index contributed by atoms with van der Waals surface area (Å²) >= 11 is 0. The maximum atomic E-state index is 9.01. The van der Waals surface area contributed by atoms with Gasteiger partial charge in [-0.2, -0.15) is 0 Å². The molecule has 3 aromatic carbocycles. The second-order valence-corrected chi connectivity index (χ2v) is 7.12. The van der Waals surface area contributed by atoms with Crippen molar-refractivity contribution in [3.63, 3.8) is 0 Å². The third kappa shape index (κ3) is 2.70. The highest BCUT2D eigenvalue weighted by Gasteiger charge is 2.17. The molecule has 1 aliphatic rings. The van der Waals surface area contributed by atoms with Crippen LogP contribution in [0.2, 0.25) is 0 Å². The minimum Gasteiger partial charge on any atom is -0.300 e. The van der Waals surface area contributed by atoms with Gasteiger partial charge in [-0.05, 0) is 77.9 Å². The van der Waals surface area contributed by atoms with Gasteiger partial charge in [-0.3, -0.25) is 5.41 Å². The Bertz CT molecular complexity index is 1100. The zero-order chi connectivity index (χ0) is 18.3. The normalized spacial score (nSPS) is 13.3. The van der Waals surface area contributed by atoms with Crippen molar-refractivity contribution in [2.24, 2.45) is 0 Å². The van der Waals surface area contributed by atoms with Crippen molar-refractivity contribution in [3.05, 3.63) is 100 Å². The first-order valence-corrected chi connectivity index (χ1v) is 9.11. The van der Waals surface area contributed by atoms with Crippen molar-refractivity contribution in [2.75, 3.05) is 0 Å². The van der Waals surface area contributed by atoms with Gasteiger partial charge in [0, 0.05) is 11.1 Å². The van der Waals surface area contributed by atoms with Gasteiger partial charge >= 0.3 is 0 Å². The number of nitrogens with one attached hydrogen (secondary N) is 1. The van der Waals surface area contributed by atoms with Crippen LogP contribution in [0.15, 0.2) is 66.8 Å². The molecule has 0 saturated carbocycles. The number of hydrogen-bond donors (Lipinski definition) is 1. The average molecular weight is 337 g/mol. The lowest BCUT2D eigenvalue weighted by atomic mass is 9.87. The molecule has 128 valence electrons. The minimum atomic E-state index is 0.610. The molecule has 1 heteroatoms. The van der Waals surface area contributed by atoms with E-state index < -0.39 is 0 Å². The summed E-state index contributed by atoms with van der Waals surface area (Å²) in [5.74, 6) is 0. The Kier molecular flexibility index (Phi) is 4.08. The molecule has 0 atom stereocenters. The summed E-state index contributed by atoms with van der Waals surface area (Å²) in [4.78, 5) is 0. The van der Waals surface area contributed by atoms with Crippen molar-refractivity contribution in [3.8, 4) is 0 Å². The molecule has 3 aromatic rings. The molecule has 1 aliphatic carbocycles. The minimum absolute atomic E-state index is 0.610. The van der Waals surface area contributed by atoms with Gasteiger partial charge in [-0.15, -0.1) is 0 Å². The number of rotatable bonds is 3. The van der Waals surface area contributed by atoms with E-state index in [-0.39, 0.29) is 0 Å². The first-order valence-electron chi connectivity index (χ1n) is 9.11. The summed E-state index contributed by atoms with van der Waals surface area (Å²) in [6.45, 7) is 6.40. The number of allylic oxidation sites excluding steroid dienone is 4. The van der Waals surface area contributed by atoms with E-state index in [9.17, 15) is 0 Å². The molecular weight excluding hydrogens is 314 g/mol. The van der Waals surface area contributed by atoms with Crippen LogP contribution in [0.3, 0.4) is 0 Å². The van der Waals surface area contributed by atoms with E-state index in [2.05, 4.69) is 87.5 Å². The lowest BCUT2D eigenvalue weighted by Gasteiger charge is -2.17. The van der Waals surface area contributed by atoms with Crippen LogP contribution in [-0.2, 0) is 0 Å². The summed E-state index contributed by atoms with van der Waals surface area (Å²) < 4.78 is 0. The molecule has 0 fully saturated rings. The maximum Gasteiger partial charge on any atom is 0.0693 e. The van der Waals surface area contributed by atoms with Crippen molar-refractivity contribution in [1.82, 2.24) is 0 Å². The van der Waals surface area contributed by atoms with E-state index in [4.69, 9.17) is 5.41 Å². The van der Waals surface area contributed by atoms with Crippen LogP contribution in [0.1, 0.15) is 39.8 Å². The molecule has 0 aliphatic heterocycles. The van der Waals surface area contributed by atoms with Crippen molar-refractivity contribution < 1.29 is 0 Å². The topological polar surface area (TPSA) is 23.9 Å². The summed E-state index contributed by atoms with van der Waals surface area (Å²) in [6, 6.07) is 17.1. The van der Waals surface area contributed by atoms with Crippen LogP contribution in [0.4, 0.5) is 0 Å². The Morgan fingerprint density at radius 1 is 0.846 bits per heavy atom. The first kappa shape index (κ1) is 16.5.